The molecule has 1 aliphatic heterocycles. The Hall–Kier alpha value is -1.55. The van der Waals surface area contributed by atoms with Gasteiger partial charge in [0.15, 0.2) is 0 Å². The third-order valence-electron chi connectivity index (χ3n) is 3.94. The topological polar surface area (TPSA) is 32.8 Å². The molecule has 0 N–H and O–H groups in total. The van der Waals surface area contributed by atoms with Crippen LogP contribution in [0.4, 0.5) is 5.69 Å². The summed E-state index contributed by atoms with van der Waals surface area (Å²) < 4.78 is 5.27. The molecule has 2 rings (SSSR count). The standard InChI is InChI=1S/C16H24N2O2/c1-13(11-14(2)19)17-7-9-18(10-8-17)15-5-4-6-16(12-15)20-3/h4-6,12-13H,7-11H2,1-3H3. The number of methoxy groups -OCH3 is 1. The fourth-order valence-corrected chi connectivity index (χ4v) is 2.77. The second-order valence-corrected chi connectivity index (χ2v) is 5.48. The van der Waals surface area contributed by atoms with Crippen molar-refractivity contribution in [2.45, 2.75) is 26.3 Å². The monoisotopic (exact) mass is 276 g/mol. The van der Waals surface area contributed by atoms with E-state index in [0.717, 1.165) is 31.9 Å². The molecule has 1 atom stereocenters. The number of rotatable bonds is 5. The molecule has 0 saturated carbocycles. The Balaban J connectivity index is 1.92. The van der Waals surface area contributed by atoms with Crippen LogP contribution >= 0.6 is 0 Å². The normalized spacial score (nSPS) is 17.9. The number of hydrogen-bond donors (Lipinski definition) is 0. The molecular formula is C16H24N2O2. The average molecular weight is 276 g/mol. The van der Waals surface area contributed by atoms with Gasteiger partial charge in [-0.1, -0.05) is 6.07 Å². The van der Waals surface area contributed by atoms with Gasteiger partial charge in [-0.05, 0) is 26.0 Å². The lowest BCUT2D eigenvalue weighted by molar-refractivity contribution is -0.118. The molecule has 1 saturated heterocycles. The minimum Gasteiger partial charge on any atom is -0.497 e. The molecule has 0 amide bonds. The highest BCUT2D eigenvalue weighted by molar-refractivity contribution is 5.76. The first kappa shape index (κ1) is 14.9. The van der Waals surface area contributed by atoms with E-state index in [-0.39, 0.29) is 5.78 Å². The number of ether oxygens (including phenoxy) is 1. The summed E-state index contributed by atoms with van der Waals surface area (Å²) in [4.78, 5) is 16.0. The molecule has 20 heavy (non-hydrogen) atoms. The molecule has 0 bridgehead atoms. The van der Waals surface area contributed by atoms with Gasteiger partial charge in [0.2, 0.25) is 0 Å². The molecule has 1 aliphatic rings. The third kappa shape index (κ3) is 3.73. The molecule has 4 heteroatoms. The molecule has 1 aromatic carbocycles. The van der Waals surface area contributed by atoms with Gasteiger partial charge in [0, 0.05) is 50.4 Å². The minimum atomic E-state index is 0.271. The van der Waals surface area contributed by atoms with Gasteiger partial charge in [0.05, 0.1) is 7.11 Å². The largest absolute Gasteiger partial charge is 0.497 e. The molecule has 0 spiro atoms. The van der Waals surface area contributed by atoms with E-state index in [1.54, 1.807) is 14.0 Å². The fourth-order valence-electron chi connectivity index (χ4n) is 2.77. The summed E-state index contributed by atoms with van der Waals surface area (Å²) in [5, 5.41) is 0. The van der Waals surface area contributed by atoms with Crippen molar-refractivity contribution < 1.29 is 9.53 Å². The van der Waals surface area contributed by atoms with Gasteiger partial charge in [-0.25, -0.2) is 0 Å². The summed E-state index contributed by atoms with van der Waals surface area (Å²) in [6, 6.07) is 8.54. The first-order valence-electron chi connectivity index (χ1n) is 7.22. The number of anilines is 1. The Kier molecular flexibility index (Phi) is 5.01. The van der Waals surface area contributed by atoms with Crippen molar-refractivity contribution in [3.8, 4) is 5.75 Å². The predicted octanol–water partition coefficient (Wildman–Crippen LogP) is 2.18. The molecule has 1 unspecified atom stereocenters. The number of benzene rings is 1. The zero-order valence-electron chi connectivity index (χ0n) is 12.6. The Morgan fingerprint density at radius 2 is 2.00 bits per heavy atom. The van der Waals surface area contributed by atoms with Gasteiger partial charge in [-0.15, -0.1) is 0 Å². The van der Waals surface area contributed by atoms with Crippen LogP contribution in [-0.4, -0.2) is 50.0 Å². The molecule has 1 fully saturated rings. The van der Waals surface area contributed by atoms with Gasteiger partial charge in [0.25, 0.3) is 0 Å². The number of ketones is 1. The van der Waals surface area contributed by atoms with Crippen molar-refractivity contribution in [3.63, 3.8) is 0 Å². The lowest BCUT2D eigenvalue weighted by Crippen LogP contribution is -2.50. The zero-order valence-corrected chi connectivity index (χ0v) is 12.6. The van der Waals surface area contributed by atoms with Crippen LogP contribution in [0.25, 0.3) is 0 Å². The zero-order chi connectivity index (χ0) is 14.5. The summed E-state index contributed by atoms with van der Waals surface area (Å²) >= 11 is 0. The fraction of sp³-hybridized carbons (Fsp3) is 0.562. The molecule has 1 heterocycles. The van der Waals surface area contributed by atoms with Gasteiger partial charge >= 0.3 is 0 Å². The molecule has 4 nitrogen and oxygen atoms in total. The van der Waals surface area contributed by atoms with E-state index in [9.17, 15) is 4.79 Å². The van der Waals surface area contributed by atoms with Crippen molar-refractivity contribution in [3.05, 3.63) is 24.3 Å². The van der Waals surface area contributed by atoms with Crippen LogP contribution in [0.3, 0.4) is 0 Å². The number of carbonyl (C=O) groups excluding carboxylic acids is 1. The average Bonchev–Trinajstić information content (AvgIpc) is 2.47. The van der Waals surface area contributed by atoms with E-state index in [1.807, 2.05) is 12.1 Å². The van der Waals surface area contributed by atoms with Crippen molar-refractivity contribution in [2.75, 3.05) is 38.2 Å². The Labute approximate surface area is 121 Å². The second-order valence-electron chi connectivity index (χ2n) is 5.48. The highest BCUT2D eigenvalue weighted by Gasteiger charge is 2.22. The Morgan fingerprint density at radius 3 is 2.60 bits per heavy atom. The second kappa shape index (κ2) is 6.75. The summed E-state index contributed by atoms with van der Waals surface area (Å²) in [5.41, 5.74) is 1.21. The summed E-state index contributed by atoms with van der Waals surface area (Å²) in [6.07, 6.45) is 0.652. The number of nitrogens with zero attached hydrogens (tertiary/aromatic N) is 2. The first-order valence-corrected chi connectivity index (χ1v) is 7.22. The van der Waals surface area contributed by atoms with Crippen LogP contribution < -0.4 is 9.64 Å². The van der Waals surface area contributed by atoms with E-state index < -0.39 is 0 Å². The summed E-state index contributed by atoms with van der Waals surface area (Å²) in [5.74, 6) is 1.17. The van der Waals surface area contributed by atoms with Crippen molar-refractivity contribution in [2.24, 2.45) is 0 Å². The van der Waals surface area contributed by atoms with E-state index in [4.69, 9.17) is 4.74 Å². The molecule has 0 radical (unpaired) electrons. The van der Waals surface area contributed by atoms with Gasteiger partial charge in [-0.3, -0.25) is 9.69 Å². The highest BCUT2D eigenvalue weighted by atomic mass is 16.5. The van der Waals surface area contributed by atoms with E-state index in [1.165, 1.54) is 5.69 Å². The van der Waals surface area contributed by atoms with Gasteiger partial charge < -0.3 is 9.64 Å². The van der Waals surface area contributed by atoms with Crippen LogP contribution in [0.15, 0.2) is 24.3 Å². The maximum Gasteiger partial charge on any atom is 0.131 e. The lowest BCUT2D eigenvalue weighted by atomic mass is 10.1. The molecule has 110 valence electrons. The quantitative estimate of drug-likeness (QED) is 0.825. The van der Waals surface area contributed by atoms with Crippen LogP contribution in [0.2, 0.25) is 0 Å². The highest BCUT2D eigenvalue weighted by Crippen LogP contribution is 2.22. The minimum absolute atomic E-state index is 0.271. The lowest BCUT2D eigenvalue weighted by Gasteiger charge is -2.39. The van der Waals surface area contributed by atoms with E-state index >= 15 is 0 Å². The maximum absolute atomic E-state index is 11.2. The molecular weight excluding hydrogens is 252 g/mol. The van der Waals surface area contributed by atoms with E-state index in [2.05, 4.69) is 28.9 Å². The Morgan fingerprint density at radius 1 is 1.30 bits per heavy atom. The molecule has 1 aromatic rings. The first-order chi connectivity index (χ1) is 9.60. The number of hydrogen-bond acceptors (Lipinski definition) is 4. The maximum atomic E-state index is 11.2. The third-order valence-corrected chi connectivity index (χ3v) is 3.94. The molecule has 0 aromatic heterocycles. The van der Waals surface area contributed by atoms with Crippen molar-refractivity contribution in [1.82, 2.24) is 4.90 Å². The van der Waals surface area contributed by atoms with Crippen LogP contribution in [0.1, 0.15) is 20.3 Å². The number of piperazine rings is 1. The van der Waals surface area contributed by atoms with Crippen LogP contribution in [0.5, 0.6) is 5.75 Å². The smallest absolute Gasteiger partial charge is 0.131 e. The van der Waals surface area contributed by atoms with Crippen LogP contribution in [-0.2, 0) is 4.79 Å². The number of carbonyl (C=O) groups is 1. The van der Waals surface area contributed by atoms with Crippen molar-refractivity contribution in [1.29, 1.82) is 0 Å². The summed E-state index contributed by atoms with van der Waals surface area (Å²) in [6.45, 7) is 7.81. The van der Waals surface area contributed by atoms with Gasteiger partial charge in [0.1, 0.15) is 11.5 Å². The van der Waals surface area contributed by atoms with Crippen molar-refractivity contribution >= 4 is 11.5 Å². The number of Topliss-reactive ketones (excluding diaryl/α,β-unsaturated/α-hetero) is 1. The molecule has 0 aliphatic carbocycles. The summed E-state index contributed by atoms with van der Waals surface area (Å²) in [7, 11) is 1.69. The predicted molar refractivity (Wildman–Crippen MR) is 81.5 cm³/mol. The van der Waals surface area contributed by atoms with Crippen LogP contribution in [0, 0.1) is 0 Å². The SMILES string of the molecule is COc1cccc(N2CCN(C(C)CC(C)=O)CC2)c1. The Bertz CT molecular complexity index is 454. The van der Waals surface area contributed by atoms with E-state index in [0.29, 0.717) is 12.5 Å². The van der Waals surface area contributed by atoms with Gasteiger partial charge in [-0.2, -0.15) is 0 Å².